The number of anilines is 1. The van der Waals surface area contributed by atoms with Gasteiger partial charge in [-0.15, -0.1) is 11.3 Å². The van der Waals surface area contributed by atoms with Gasteiger partial charge in [0.2, 0.25) is 0 Å². The number of rotatable bonds is 3. The normalized spacial score (nSPS) is 10.5. The highest BCUT2D eigenvalue weighted by atomic mass is 32.1. The van der Waals surface area contributed by atoms with E-state index in [4.69, 9.17) is 0 Å². The Hall–Kier alpha value is -2.60. The Labute approximate surface area is 130 Å². The molecule has 22 heavy (non-hydrogen) atoms. The predicted octanol–water partition coefficient (Wildman–Crippen LogP) is 3.90. The minimum absolute atomic E-state index is 0.293. The van der Waals surface area contributed by atoms with E-state index in [1.807, 2.05) is 18.4 Å². The van der Waals surface area contributed by atoms with E-state index in [0.29, 0.717) is 16.5 Å². The van der Waals surface area contributed by atoms with Crippen LogP contribution in [-0.2, 0) is 0 Å². The van der Waals surface area contributed by atoms with E-state index in [-0.39, 0.29) is 11.7 Å². The van der Waals surface area contributed by atoms with Crippen LogP contribution in [-0.4, -0.2) is 15.9 Å². The number of thiazole rings is 1. The summed E-state index contributed by atoms with van der Waals surface area (Å²) >= 11 is 1.31. The van der Waals surface area contributed by atoms with Crippen LogP contribution in [0.2, 0.25) is 0 Å². The van der Waals surface area contributed by atoms with Crippen LogP contribution in [0, 0.1) is 12.7 Å². The van der Waals surface area contributed by atoms with Crippen molar-refractivity contribution >= 4 is 22.4 Å². The Morgan fingerprint density at radius 1 is 1.14 bits per heavy atom. The van der Waals surface area contributed by atoms with Gasteiger partial charge in [0.1, 0.15) is 11.5 Å². The summed E-state index contributed by atoms with van der Waals surface area (Å²) in [5.41, 5.74) is 2.61. The lowest BCUT2D eigenvalue weighted by Crippen LogP contribution is -2.13. The minimum atomic E-state index is -0.302. The molecule has 0 unspecified atom stereocenters. The van der Waals surface area contributed by atoms with Gasteiger partial charge in [0, 0.05) is 16.6 Å². The van der Waals surface area contributed by atoms with Crippen LogP contribution in [0.25, 0.3) is 11.3 Å². The maximum atomic E-state index is 12.9. The first kappa shape index (κ1) is 14.3. The summed E-state index contributed by atoms with van der Waals surface area (Å²) in [5.74, 6) is -0.596. The van der Waals surface area contributed by atoms with Crippen LogP contribution in [0.5, 0.6) is 0 Å². The highest BCUT2D eigenvalue weighted by Crippen LogP contribution is 2.25. The molecule has 2 aromatic heterocycles. The molecule has 0 aliphatic carbocycles. The van der Waals surface area contributed by atoms with Crippen molar-refractivity contribution in [3.8, 4) is 11.3 Å². The van der Waals surface area contributed by atoms with Crippen molar-refractivity contribution in [3.63, 3.8) is 0 Å². The molecule has 0 spiro atoms. The van der Waals surface area contributed by atoms with Crippen molar-refractivity contribution in [2.24, 2.45) is 0 Å². The summed E-state index contributed by atoms with van der Waals surface area (Å²) in [7, 11) is 0. The van der Waals surface area contributed by atoms with Crippen LogP contribution in [0.4, 0.5) is 9.52 Å². The second-order valence-electron chi connectivity index (χ2n) is 4.66. The number of hydrogen-bond donors (Lipinski definition) is 1. The molecular formula is C16H12FN3OS. The Kier molecular flexibility index (Phi) is 3.93. The van der Waals surface area contributed by atoms with E-state index in [2.05, 4.69) is 15.3 Å². The Morgan fingerprint density at radius 2 is 1.91 bits per heavy atom. The zero-order valence-electron chi connectivity index (χ0n) is 11.7. The molecule has 110 valence electrons. The number of hydrogen-bond acceptors (Lipinski definition) is 4. The molecule has 0 aliphatic rings. The van der Waals surface area contributed by atoms with Crippen molar-refractivity contribution < 1.29 is 9.18 Å². The molecule has 0 atom stereocenters. The van der Waals surface area contributed by atoms with Gasteiger partial charge in [-0.3, -0.25) is 10.1 Å². The number of aromatic nitrogens is 2. The number of nitrogens with one attached hydrogen (secondary N) is 1. The van der Waals surface area contributed by atoms with Crippen LogP contribution in [0.1, 0.15) is 16.2 Å². The topological polar surface area (TPSA) is 54.9 Å². The van der Waals surface area contributed by atoms with Gasteiger partial charge >= 0.3 is 0 Å². The number of benzene rings is 1. The molecule has 0 radical (unpaired) electrons. The Balaban J connectivity index is 1.77. The number of nitrogens with zero attached hydrogens (tertiary/aromatic N) is 2. The second-order valence-corrected chi connectivity index (χ2v) is 5.52. The van der Waals surface area contributed by atoms with Gasteiger partial charge in [0.25, 0.3) is 5.91 Å². The van der Waals surface area contributed by atoms with E-state index in [1.54, 1.807) is 24.3 Å². The van der Waals surface area contributed by atoms with Gasteiger partial charge in [0.15, 0.2) is 5.13 Å². The monoisotopic (exact) mass is 313 g/mol. The molecule has 3 rings (SSSR count). The van der Waals surface area contributed by atoms with Crippen LogP contribution in [0.3, 0.4) is 0 Å². The van der Waals surface area contributed by atoms with Crippen molar-refractivity contribution in [1.29, 1.82) is 0 Å². The molecule has 1 aromatic carbocycles. The molecule has 1 N–H and O–H groups in total. The zero-order chi connectivity index (χ0) is 15.5. The van der Waals surface area contributed by atoms with Crippen LogP contribution >= 0.6 is 11.3 Å². The van der Waals surface area contributed by atoms with Crippen LogP contribution in [0.15, 0.2) is 47.8 Å². The lowest BCUT2D eigenvalue weighted by molar-refractivity contribution is 0.102. The molecule has 6 heteroatoms. The van der Waals surface area contributed by atoms with Crippen molar-refractivity contribution in [1.82, 2.24) is 9.97 Å². The van der Waals surface area contributed by atoms with E-state index < -0.39 is 0 Å². The average molecular weight is 313 g/mol. The fourth-order valence-corrected chi connectivity index (χ4v) is 2.63. The molecular weight excluding hydrogens is 301 g/mol. The highest BCUT2D eigenvalue weighted by Gasteiger charge is 2.11. The third kappa shape index (κ3) is 3.17. The fraction of sp³-hybridized carbons (Fsp3) is 0.0625. The molecule has 0 aliphatic heterocycles. The van der Waals surface area contributed by atoms with Gasteiger partial charge < -0.3 is 0 Å². The second kappa shape index (κ2) is 6.03. The number of aryl methyl sites for hydroxylation is 1. The lowest BCUT2D eigenvalue weighted by atomic mass is 10.2. The van der Waals surface area contributed by atoms with Gasteiger partial charge in [-0.2, -0.15) is 0 Å². The molecule has 0 fully saturated rings. The highest BCUT2D eigenvalue weighted by molar-refractivity contribution is 7.14. The largest absolute Gasteiger partial charge is 0.296 e. The molecule has 4 nitrogen and oxygen atoms in total. The number of amides is 1. The minimum Gasteiger partial charge on any atom is -0.296 e. The third-order valence-electron chi connectivity index (χ3n) is 2.99. The smallest absolute Gasteiger partial charge is 0.276 e. The first-order chi connectivity index (χ1) is 10.6. The molecule has 0 saturated carbocycles. The average Bonchev–Trinajstić information content (AvgIpc) is 2.96. The summed E-state index contributed by atoms with van der Waals surface area (Å²) in [6.45, 7) is 1.83. The summed E-state index contributed by atoms with van der Waals surface area (Å²) in [5, 5.41) is 5.01. The lowest BCUT2D eigenvalue weighted by Gasteiger charge is -2.01. The zero-order valence-corrected chi connectivity index (χ0v) is 12.5. The number of pyridine rings is 1. The first-order valence-corrected chi connectivity index (χ1v) is 7.46. The first-order valence-electron chi connectivity index (χ1n) is 6.58. The van der Waals surface area contributed by atoms with Crippen molar-refractivity contribution in [3.05, 3.63) is 65.0 Å². The van der Waals surface area contributed by atoms with Crippen LogP contribution < -0.4 is 5.32 Å². The van der Waals surface area contributed by atoms with E-state index in [0.717, 1.165) is 11.3 Å². The predicted molar refractivity (Wildman–Crippen MR) is 84.4 cm³/mol. The third-order valence-corrected chi connectivity index (χ3v) is 3.74. The molecule has 1 amide bonds. The summed E-state index contributed by atoms with van der Waals surface area (Å²) in [6.07, 6.45) is 0. The standard InChI is InChI=1S/C16H12FN3OS/c1-10-3-2-4-13(18-10)15(21)20-16-19-14(9-22-16)11-5-7-12(17)8-6-11/h2-9H,1H3,(H,19,20,21). The SMILES string of the molecule is Cc1cccc(C(=O)Nc2nc(-c3ccc(F)cc3)cs2)n1. The number of carbonyl (C=O) groups is 1. The molecule has 2 heterocycles. The van der Waals surface area contributed by atoms with Crippen molar-refractivity contribution in [2.75, 3.05) is 5.32 Å². The number of halogens is 1. The summed E-state index contributed by atoms with van der Waals surface area (Å²) < 4.78 is 12.9. The molecule has 0 saturated heterocycles. The Morgan fingerprint density at radius 3 is 2.64 bits per heavy atom. The van der Waals surface area contributed by atoms with Gasteiger partial charge in [0.05, 0.1) is 5.69 Å². The quantitative estimate of drug-likeness (QED) is 0.797. The fourth-order valence-electron chi connectivity index (χ4n) is 1.92. The molecule has 0 bridgehead atoms. The van der Waals surface area contributed by atoms with E-state index >= 15 is 0 Å². The van der Waals surface area contributed by atoms with Gasteiger partial charge in [-0.25, -0.2) is 14.4 Å². The Bertz CT molecular complexity index is 814. The van der Waals surface area contributed by atoms with Gasteiger partial charge in [-0.05, 0) is 43.3 Å². The summed E-state index contributed by atoms with van der Waals surface area (Å²) in [4.78, 5) is 20.6. The number of carbonyl (C=O) groups excluding carboxylic acids is 1. The maximum Gasteiger partial charge on any atom is 0.276 e. The van der Waals surface area contributed by atoms with E-state index in [9.17, 15) is 9.18 Å². The van der Waals surface area contributed by atoms with Crippen molar-refractivity contribution in [2.45, 2.75) is 6.92 Å². The molecule has 3 aromatic rings. The summed E-state index contributed by atoms with van der Waals surface area (Å²) in [6, 6.07) is 11.3. The maximum absolute atomic E-state index is 12.9. The van der Waals surface area contributed by atoms with E-state index in [1.165, 1.54) is 23.5 Å². The van der Waals surface area contributed by atoms with Gasteiger partial charge in [-0.1, -0.05) is 6.07 Å².